The molecule has 40 heavy (non-hydrogen) atoms. The van der Waals surface area contributed by atoms with Crippen LogP contribution >= 0.6 is 0 Å². The van der Waals surface area contributed by atoms with Crippen LogP contribution in [0.2, 0.25) is 0 Å². The van der Waals surface area contributed by atoms with Gasteiger partial charge in [0.15, 0.2) is 5.65 Å². The predicted octanol–water partition coefficient (Wildman–Crippen LogP) is 4.38. The maximum Gasteiger partial charge on any atom is 0.330 e. The molecule has 2 aliphatic rings. The Kier molecular flexibility index (Phi) is 7.83. The van der Waals surface area contributed by atoms with Crippen LogP contribution in [0.1, 0.15) is 65.5 Å². The molecule has 1 saturated carbocycles. The number of nitrogens with zero attached hydrogens (tertiary/aromatic N) is 5. The van der Waals surface area contributed by atoms with Crippen molar-refractivity contribution in [2.45, 2.75) is 72.4 Å². The van der Waals surface area contributed by atoms with Gasteiger partial charge in [-0.3, -0.25) is 18.8 Å². The largest absolute Gasteiger partial charge is 0.369 e. The lowest BCUT2D eigenvalue weighted by molar-refractivity contribution is -0.124. The summed E-state index contributed by atoms with van der Waals surface area (Å²) in [5.41, 5.74) is 3.89. The molecule has 0 radical (unpaired) electrons. The SMILES string of the molecule is Cn1c(=O)n(CC(C)(C)C)c2ccc(C3CCC(C)(C)C(NC(=O)CN4CCN(c5ccccc5)CC4)C3)nc21. The summed E-state index contributed by atoms with van der Waals surface area (Å²) < 4.78 is 3.52. The number of aryl methyl sites for hydroxylation is 1. The fourth-order valence-corrected chi connectivity index (χ4v) is 6.35. The molecule has 0 bridgehead atoms. The van der Waals surface area contributed by atoms with Crippen LogP contribution in [0.15, 0.2) is 47.3 Å². The monoisotopic (exact) mass is 546 g/mol. The molecule has 8 nitrogen and oxygen atoms in total. The van der Waals surface area contributed by atoms with Crippen molar-refractivity contribution in [2.24, 2.45) is 17.9 Å². The van der Waals surface area contributed by atoms with Crippen LogP contribution in [0.25, 0.3) is 11.2 Å². The van der Waals surface area contributed by atoms with Crippen LogP contribution in [0.4, 0.5) is 5.69 Å². The Morgan fingerprint density at radius 3 is 2.42 bits per heavy atom. The topological polar surface area (TPSA) is 75.4 Å². The van der Waals surface area contributed by atoms with Crippen LogP contribution in [-0.2, 0) is 18.4 Å². The van der Waals surface area contributed by atoms with Crippen molar-refractivity contribution in [3.63, 3.8) is 0 Å². The molecule has 2 atom stereocenters. The number of benzene rings is 1. The van der Waals surface area contributed by atoms with E-state index in [1.165, 1.54) is 5.69 Å². The van der Waals surface area contributed by atoms with Gasteiger partial charge in [-0.1, -0.05) is 52.8 Å². The van der Waals surface area contributed by atoms with Gasteiger partial charge in [-0.2, -0.15) is 0 Å². The minimum absolute atomic E-state index is 0.00731. The highest BCUT2D eigenvalue weighted by atomic mass is 16.2. The summed E-state index contributed by atoms with van der Waals surface area (Å²) in [5.74, 6) is 0.357. The number of piperazine rings is 1. The Hall–Kier alpha value is -3.13. The number of imidazole rings is 1. The zero-order valence-electron chi connectivity index (χ0n) is 25.1. The second-order valence-corrected chi connectivity index (χ2v) is 13.7. The molecule has 1 aliphatic carbocycles. The number of amides is 1. The van der Waals surface area contributed by atoms with Gasteiger partial charge in [-0.15, -0.1) is 0 Å². The molecule has 1 aromatic carbocycles. The lowest BCUT2D eigenvalue weighted by atomic mass is 9.68. The van der Waals surface area contributed by atoms with Crippen molar-refractivity contribution in [1.29, 1.82) is 0 Å². The lowest BCUT2D eigenvalue weighted by Gasteiger charge is -2.43. The number of para-hydroxylation sites is 1. The van der Waals surface area contributed by atoms with E-state index >= 15 is 0 Å². The van der Waals surface area contributed by atoms with Gasteiger partial charge in [0, 0.05) is 63.1 Å². The van der Waals surface area contributed by atoms with E-state index in [0.717, 1.165) is 62.3 Å². The summed E-state index contributed by atoms with van der Waals surface area (Å²) in [6.07, 6.45) is 2.90. The number of fused-ring (bicyclic) bond motifs is 1. The number of carbonyl (C=O) groups is 1. The van der Waals surface area contributed by atoms with Crippen molar-refractivity contribution >= 4 is 22.8 Å². The Balaban J connectivity index is 1.23. The number of aromatic nitrogens is 3. The second kappa shape index (κ2) is 11.0. The molecular formula is C32H46N6O2. The number of hydrogen-bond donors (Lipinski definition) is 1. The molecule has 2 aromatic heterocycles. The van der Waals surface area contributed by atoms with Crippen molar-refractivity contribution in [3.8, 4) is 0 Å². The van der Waals surface area contributed by atoms with Gasteiger partial charge in [0.05, 0.1) is 12.1 Å². The third-order valence-electron chi connectivity index (χ3n) is 8.85. The van der Waals surface area contributed by atoms with Crippen molar-refractivity contribution in [3.05, 3.63) is 58.6 Å². The van der Waals surface area contributed by atoms with Gasteiger partial charge >= 0.3 is 5.69 Å². The standard InChI is InChI=1S/C32H46N6O2/c1-31(2,3)22-38-26-13-12-25(33-29(26)35(6)30(38)40)23-14-15-32(4,5)27(20-23)34-28(39)21-36-16-18-37(19-17-36)24-10-8-7-9-11-24/h7-13,23,27H,14-22H2,1-6H3,(H,34,39). The van der Waals surface area contributed by atoms with Crippen LogP contribution in [-0.4, -0.2) is 63.7 Å². The molecule has 0 spiro atoms. The Morgan fingerprint density at radius 2 is 1.75 bits per heavy atom. The molecule has 5 rings (SSSR count). The summed E-state index contributed by atoms with van der Waals surface area (Å²) in [4.78, 5) is 35.9. The van der Waals surface area contributed by atoms with Crippen molar-refractivity contribution in [2.75, 3.05) is 37.6 Å². The Labute approximate surface area is 238 Å². The predicted molar refractivity (Wildman–Crippen MR) is 162 cm³/mol. The Morgan fingerprint density at radius 1 is 1.05 bits per heavy atom. The number of rotatable bonds is 6. The molecule has 1 aliphatic heterocycles. The smallest absolute Gasteiger partial charge is 0.330 e. The summed E-state index contributed by atoms with van der Waals surface area (Å²) >= 11 is 0. The quantitative estimate of drug-likeness (QED) is 0.497. The number of anilines is 1. The number of carbonyl (C=O) groups excluding carboxylic acids is 1. The molecule has 1 saturated heterocycles. The third kappa shape index (κ3) is 6.12. The number of nitrogens with one attached hydrogen (secondary N) is 1. The number of pyridine rings is 1. The van der Waals surface area contributed by atoms with E-state index < -0.39 is 0 Å². The van der Waals surface area contributed by atoms with E-state index in [4.69, 9.17) is 4.98 Å². The highest BCUT2D eigenvalue weighted by molar-refractivity contribution is 5.78. The summed E-state index contributed by atoms with van der Waals surface area (Å²) in [6.45, 7) is 15.7. The molecule has 3 heterocycles. The molecule has 1 N–H and O–H groups in total. The van der Waals surface area contributed by atoms with Gasteiger partial charge in [-0.25, -0.2) is 9.78 Å². The minimum atomic E-state index is -0.0194. The zero-order valence-corrected chi connectivity index (χ0v) is 25.1. The average Bonchev–Trinajstić information content (AvgIpc) is 3.14. The van der Waals surface area contributed by atoms with E-state index in [0.29, 0.717) is 13.1 Å². The second-order valence-electron chi connectivity index (χ2n) is 13.7. The van der Waals surface area contributed by atoms with Crippen molar-refractivity contribution < 1.29 is 4.79 Å². The van der Waals surface area contributed by atoms with E-state index in [1.54, 1.807) is 4.57 Å². The summed E-state index contributed by atoms with van der Waals surface area (Å²) in [6, 6.07) is 14.7. The summed E-state index contributed by atoms with van der Waals surface area (Å²) in [7, 11) is 1.81. The first kappa shape index (κ1) is 28.4. The lowest BCUT2D eigenvalue weighted by Crippen LogP contribution is -2.53. The zero-order chi connectivity index (χ0) is 28.7. The third-order valence-corrected chi connectivity index (χ3v) is 8.85. The van der Waals surface area contributed by atoms with E-state index in [9.17, 15) is 9.59 Å². The number of hydrogen-bond acceptors (Lipinski definition) is 5. The van der Waals surface area contributed by atoms with Gasteiger partial charge in [0.25, 0.3) is 0 Å². The maximum absolute atomic E-state index is 13.2. The molecule has 2 unspecified atom stereocenters. The van der Waals surface area contributed by atoms with Crippen LogP contribution < -0.4 is 15.9 Å². The molecule has 1 amide bonds. The van der Waals surface area contributed by atoms with E-state index in [-0.39, 0.29) is 34.4 Å². The highest BCUT2D eigenvalue weighted by Gasteiger charge is 2.38. The minimum Gasteiger partial charge on any atom is -0.369 e. The van der Waals surface area contributed by atoms with Crippen LogP contribution in [0, 0.1) is 10.8 Å². The normalized spacial score (nSPS) is 22.0. The first-order chi connectivity index (χ1) is 18.9. The van der Waals surface area contributed by atoms with Crippen molar-refractivity contribution in [1.82, 2.24) is 24.3 Å². The highest BCUT2D eigenvalue weighted by Crippen LogP contribution is 2.42. The van der Waals surface area contributed by atoms with Gasteiger partial charge in [0.1, 0.15) is 0 Å². The van der Waals surface area contributed by atoms with Crippen LogP contribution in [0.3, 0.4) is 0 Å². The molecule has 216 valence electrons. The van der Waals surface area contributed by atoms with Gasteiger partial charge in [-0.05, 0) is 54.4 Å². The first-order valence-corrected chi connectivity index (χ1v) is 14.8. The molecule has 3 aromatic rings. The fourth-order valence-electron chi connectivity index (χ4n) is 6.35. The van der Waals surface area contributed by atoms with E-state index in [1.807, 2.05) is 17.7 Å². The van der Waals surface area contributed by atoms with Crippen LogP contribution in [0.5, 0.6) is 0 Å². The molecule has 2 fully saturated rings. The fraction of sp³-hybridized carbons (Fsp3) is 0.594. The van der Waals surface area contributed by atoms with Gasteiger partial charge < -0.3 is 10.2 Å². The molecular weight excluding hydrogens is 500 g/mol. The van der Waals surface area contributed by atoms with E-state index in [2.05, 4.69) is 86.1 Å². The Bertz CT molecular complexity index is 1390. The molecule has 8 heteroatoms. The summed E-state index contributed by atoms with van der Waals surface area (Å²) in [5, 5.41) is 3.41. The first-order valence-electron chi connectivity index (χ1n) is 14.8. The maximum atomic E-state index is 13.2. The average molecular weight is 547 g/mol. The van der Waals surface area contributed by atoms with Gasteiger partial charge in [0.2, 0.25) is 5.91 Å².